The molecule has 0 fully saturated rings. The first kappa shape index (κ1) is 12.6. The van der Waals surface area contributed by atoms with Crippen molar-refractivity contribution in [1.82, 2.24) is 9.55 Å². The fraction of sp³-hybridized carbons (Fsp3) is 0. The Morgan fingerprint density at radius 1 is 1.21 bits per heavy atom. The Morgan fingerprint density at radius 3 is 2.42 bits per heavy atom. The Balaban J connectivity index is 0.00000200. The number of aliphatic carboxylic acids is 1. The Kier molecular flexibility index (Phi) is 3.42. The van der Waals surface area contributed by atoms with E-state index in [1.807, 2.05) is 0 Å². The van der Waals surface area contributed by atoms with Gasteiger partial charge in [-0.15, -0.1) is 0 Å². The van der Waals surface area contributed by atoms with E-state index in [0.29, 0.717) is 11.6 Å². The van der Waals surface area contributed by atoms with Crippen molar-refractivity contribution < 1.29 is 21.2 Å². The molecule has 0 amide bonds. The molecule has 2 rings (SSSR count). The van der Waals surface area contributed by atoms with E-state index in [2.05, 4.69) is 4.98 Å². The Morgan fingerprint density at radius 2 is 1.89 bits per heavy atom. The minimum absolute atomic E-state index is 0. The number of ketones is 1. The lowest BCUT2D eigenvalue weighted by molar-refractivity contribution is -0.146. The van der Waals surface area contributed by atoms with Gasteiger partial charge in [-0.1, -0.05) is 0 Å². The van der Waals surface area contributed by atoms with Gasteiger partial charge in [-0.2, -0.15) is 0 Å². The lowest BCUT2D eigenvalue weighted by Gasteiger charge is -2.04. The van der Waals surface area contributed by atoms with Crippen LogP contribution in [0, 0.1) is 0 Å². The second kappa shape index (κ2) is 5.18. The SMILES string of the molecule is O=C(O)C(=O)C=C(O)c1ccc(-n2ccnc2)cc1.[HH]. The number of benzene rings is 1. The number of imidazole rings is 1. The van der Waals surface area contributed by atoms with Gasteiger partial charge in [0.05, 0.1) is 6.33 Å². The molecule has 0 aliphatic rings. The fourth-order valence-corrected chi connectivity index (χ4v) is 1.49. The molecule has 2 aromatic rings. The quantitative estimate of drug-likeness (QED) is 0.495. The largest absolute Gasteiger partial charge is 0.507 e. The third-order valence-corrected chi connectivity index (χ3v) is 2.44. The highest BCUT2D eigenvalue weighted by molar-refractivity contribution is 6.38. The molecule has 0 aliphatic carbocycles. The van der Waals surface area contributed by atoms with Crippen LogP contribution in [0.3, 0.4) is 0 Å². The van der Waals surface area contributed by atoms with Gasteiger partial charge in [-0.25, -0.2) is 9.78 Å². The number of carbonyl (C=O) groups is 2. The average molecular weight is 260 g/mol. The smallest absolute Gasteiger partial charge is 0.376 e. The van der Waals surface area contributed by atoms with Crippen LogP contribution in [-0.4, -0.2) is 31.5 Å². The number of aliphatic hydroxyl groups is 1. The molecule has 0 aliphatic heterocycles. The zero-order valence-electron chi connectivity index (χ0n) is 9.72. The second-order valence-electron chi connectivity index (χ2n) is 3.72. The maximum absolute atomic E-state index is 10.9. The van der Waals surface area contributed by atoms with Gasteiger partial charge in [0.25, 0.3) is 5.78 Å². The predicted molar refractivity (Wildman–Crippen MR) is 68.9 cm³/mol. The van der Waals surface area contributed by atoms with Crippen LogP contribution in [0.5, 0.6) is 0 Å². The van der Waals surface area contributed by atoms with E-state index in [-0.39, 0.29) is 7.19 Å². The summed E-state index contributed by atoms with van der Waals surface area (Å²) in [4.78, 5) is 25.2. The van der Waals surface area contributed by atoms with Crippen LogP contribution < -0.4 is 0 Å². The van der Waals surface area contributed by atoms with Gasteiger partial charge < -0.3 is 14.8 Å². The molecule has 1 heterocycles. The summed E-state index contributed by atoms with van der Waals surface area (Å²) in [6, 6.07) is 6.59. The monoisotopic (exact) mass is 260 g/mol. The van der Waals surface area contributed by atoms with Gasteiger partial charge in [-0.05, 0) is 24.3 Å². The van der Waals surface area contributed by atoms with Gasteiger partial charge in [0.1, 0.15) is 5.76 Å². The molecule has 2 N–H and O–H groups in total. The summed E-state index contributed by atoms with van der Waals surface area (Å²) in [5.41, 5.74) is 1.19. The van der Waals surface area contributed by atoms with E-state index >= 15 is 0 Å². The maximum Gasteiger partial charge on any atom is 0.376 e. The molecule has 6 heteroatoms. The van der Waals surface area contributed by atoms with E-state index in [1.54, 1.807) is 47.6 Å². The maximum atomic E-state index is 10.9. The van der Waals surface area contributed by atoms with Crippen molar-refractivity contribution in [2.75, 3.05) is 0 Å². The van der Waals surface area contributed by atoms with Crippen LogP contribution in [0.2, 0.25) is 0 Å². The van der Waals surface area contributed by atoms with E-state index in [1.165, 1.54) is 0 Å². The molecule has 0 spiro atoms. The van der Waals surface area contributed by atoms with Gasteiger partial charge in [0.2, 0.25) is 0 Å². The van der Waals surface area contributed by atoms with Crippen molar-refractivity contribution >= 4 is 17.5 Å². The van der Waals surface area contributed by atoms with Crippen LogP contribution in [0.25, 0.3) is 11.4 Å². The zero-order valence-corrected chi connectivity index (χ0v) is 9.72. The molecule has 0 unspecified atom stereocenters. The standard InChI is InChI=1S/C13H10N2O4.H2/c16-11(7-12(17)13(18)19)9-1-3-10(4-2-9)15-6-5-14-8-15;/h1-8,16H,(H,18,19);1H. The van der Waals surface area contributed by atoms with Gasteiger partial charge in [0, 0.05) is 31.1 Å². The molecular weight excluding hydrogens is 248 g/mol. The number of carbonyl (C=O) groups excluding carboxylic acids is 1. The minimum Gasteiger partial charge on any atom is -0.507 e. The van der Waals surface area contributed by atoms with Crippen molar-refractivity contribution in [3.8, 4) is 5.69 Å². The number of carboxylic acids is 1. The number of carboxylic acid groups (broad SMARTS) is 1. The first-order valence-corrected chi connectivity index (χ1v) is 5.34. The van der Waals surface area contributed by atoms with Crippen LogP contribution in [-0.2, 0) is 9.59 Å². The summed E-state index contributed by atoms with van der Waals surface area (Å²) in [5.74, 6) is -3.16. The van der Waals surface area contributed by atoms with Gasteiger partial charge in [-0.3, -0.25) is 4.79 Å². The number of hydrogen-bond donors (Lipinski definition) is 2. The summed E-state index contributed by atoms with van der Waals surface area (Å²) in [5, 5.41) is 18.1. The normalized spacial score (nSPS) is 11.3. The number of hydrogen-bond acceptors (Lipinski definition) is 4. The molecule has 0 radical (unpaired) electrons. The number of aliphatic hydroxyl groups excluding tert-OH is 1. The molecule has 6 nitrogen and oxygen atoms in total. The molecule has 0 saturated heterocycles. The third-order valence-electron chi connectivity index (χ3n) is 2.44. The van der Waals surface area contributed by atoms with Crippen molar-refractivity contribution in [3.63, 3.8) is 0 Å². The molecule has 0 saturated carbocycles. The van der Waals surface area contributed by atoms with Crippen LogP contribution in [0.4, 0.5) is 0 Å². The Bertz CT molecular complexity index is 633. The minimum atomic E-state index is -1.61. The number of nitrogens with zero attached hydrogens (tertiary/aromatic N) is 2. The fourth-order valence-electron chi connectivity index (χ4n) is 1.49. The van der Waals surface area contributed by atoms with E-state index in [4.69, 9.17) is 5.11 Å². The van der Waals surface area contributed by atoms with Crippen molar-refractivity contribution in [2.24, 2.45) is 0 Å². The summed E-state index contributed by atoms with van der Waals surface area (Å²) >= 11 is 0. The lowest BCUT2D eigenvalue weighted by atomic mass is 10.1. The summed E-state index contributed by atoms with van der Waals surface area (Å²) < 4.78 is 1.77. The molecule has 0 bridgehead atoms. The van der Waals surface area contributed by atoms with Crippen LogP contribution >= 0.6 is 0 Å². The predicted octanol–water partition coefficient (Wildman–Crippen LogP) is 1.67. The zero-order chi connectivity index (χ0) is 13.8. The molecular formula is C13H12N2O4. The third kappa shape index (κ3) is 2.86. The van der Waals surface area contributed by atoms with Crippen molar-refractivity contribution in [1.29, 1.82) is 0 Å². The highest BCUT2D eigenvalue weighted by Crippen LogP contribution is 2.15. The van der Waals surface area contributed by atoms with Crippen molar-refractivity contribution in [2.45, 2.75) is 0 Å². The molecule has 19 heavy (non-hydrogen) atoms. The lowest BCUT2D eigenvalue weighted by Crippen LogP contribution is -2.09. The Hall–Kier alpha value is -2.89. The topological polar surface area (TPSA) is 92.4 Å². The van der Waals surface area contributed by atoms with E-state index in [0.717, 1.165) is 5.69 Å². The van der Waals surface area contributed by atoms with Crippen LogP contribution in [0.1, 0.15) is 6.99 Å². The summed E-state index contributed by atoms with van der Waals surface area (Å²) in [6.45, 7) is 0. The second-order valence-corrected chi connectivity index (χ2v) is 3.72. The molecule has 0 atom stereocenters. The Labute approximate surface area is 109 Å². The first-order chi connectivity index (χ1) is 9.08. The molecule has 1 aromatic heterocycles. The van der Waals surface area contributed by atoms with Crippen molar-refractivity contribution in [3.05, 3.63) is 54.6 Å². The number of rotatable bonds is 4. The van der Waals surface area contributed by atoms with Gasteiger partial charge >= 0.3 is 5.97 Å². The number of aromatic nitrogens is 2. The summed E-state index contributed by atoms with van der Waals surface area (Å²) in [7, 11) is 0. The highest BCUT2D eigenvalue weighted by atomic mass is 16.4. The molecule has 98 valence electrons. The van der Waals surface area contributed by atoms with E-state index < -0.39 is 11.8 Å². The van der Waals surface area contributed by atoms with E-state index in [9.17, 15) is 14.7 Å². The first-order valence-electron chi connectivity index (χ1n) is 5.34. The average Bonchev–Trinajstić information content (AvgIpc) is 2.92. The highest BCUT2D eigenvalue weighted by Gasteiger charge is 2.10. The molecule has 1 aromatic carbocycles. The van der Waals surface area contributed by atoms with Gasteiger partial charge in [0.15, 0.2) is 0 Å². The summed E-state index contributed by atoms with van der Waals surface area (Å²) in [6.07, 6.45) is 5.70. The van der Waals surface area contributed by atoms with Crippen LogP contribution in [0.15, 0.2) is 49.1 Å².